The van der Waals surface area contributed by atoms with Gasteiger partial charge in [0.15, 0.2) is 11.6 Å². The summed E-state index contributed by atoms with van der Waals surface area (Å²) >= 11 is 5.61. The van der Waals surface area contributed by atoms with Crippen LogP contribution in [0.3, 0.4) is 0 Å². The van der Waals surface area contributed by atoms with Crippen molar-refractivity contribution in [1.82, 2.24) is 5.16 Å². The molecule has 6 heteroatoms. The predicted octanol–water partition coefficient (Wildman–Crippen LogP) is 2.42. The van der Waals surface area contributed by atoms with E-state index in [2.05, 4.69) is 9.68 Å². The standard InChI is InChI=1S/C9H6ClFN2O2/c10-6-1-4(2-7(11)8(6)14)5-3-13-15-9(5)12/h1-3,14H,12H2. The molecule has 0 amide bonds. The molecule has 0 saturated heterocycles. The van der Waals surface area contributed by atoms with E-state index < -0.39 is 11.6 Å². The lowest BCUT2D eigenvalue weighted by molar-refractivity contribution is 0.433. The lowest BCUT2D eigenvalue weighted by Gasteiger charge is -2.02. The lowest BCUT2D eigenvalue weighted by Crippen LogP contribution is -1.86. The van der Waals surface area contributed by atoms with Crippen molar-refractivity contribution in [3.05, 3.63) is 29.2 Å². The number of phenols is 1. The van der Waals surface area contributed by atoms with Gasteiger partial charge >= 0.3 is 0 Å². The third-order valence-electron chi connectivity index (χ3n) is 1.93. The largest absolute Gasteiger partial charge is 0.504 e. The van der Waals surface area contributed by atoms with Crippen LogP contribution in [-0.4, -0.2) is 10.3 Å². The highest BCUT2D eigenvalue weighted by atomic mass is 35.5. The van der Waals surface area contributed by atoms with Crippen LogP contribution in [-0.2, 0) is 0 Å². The summed E-state index contributed by atoms with van der Waals surface area (Å²) in [4.78, 5) is 0. The second kappa shape index (κ2) is 3.43. The van der Waals surface area contributed by atoms with Crippen molar-refractivity contribution in [2.75, 3.05) is 5.73 Å². The third-order valence-corrected chi connectivity index (χ3v) is 2.21. The van der Waals surface area contributed by atoms with E-state index in [0.29, 0.717) is 11.1 Å². The molecule has 2 rings (SSSR count). The molecule has 3 N–H and O–H groups in total. The molecular weight excluding hydrogens is 223 g/mol. The number of rotatable bonds is 1. The van der Waals surface area contributed by atoms with Gasteiger partial charge in [0, 0.05) is 0 Å². The first-order valence-electron chi connectivity index (χ1n) is 3.98. The average molecular weight is 229 g/mol. The number of benzene rings is 1. The minimum Gasteiger partial charge on any atom is -0.504 e. The van der Waals surface area contributed by atoms with E-state index in [-0.39, 0.29) is 10.9 Å². The first-order chi connectivity index (χ1) is 7.09. The summed E-state index contributed by atoms with van der Waals surface area (Å²) in [6, 6.07) is 2.48. The van der Waals surface area contributed by atoms with Crippen molar-refractivity contribution in [1.29, 1.82) is 0 Å². The number of hydrogen-bond acceptors (Lipinski definition) is 4. The Morgan fingerprint density at radius 2 is 2.20 bits per heavy atom. The Kier molecular flexibility index (Phi) is 2.24. The number of aromatic nitrogens is 1. The maximum absolute atomic E-state index is 13.1. The van der Waals surface area contributed by atoms with E-state index in [4.69, 9.17) is 22.4 Å². The van der Waals surface area contributed by atoms with Crippen molar-refractivity contribution in [3.63, 3.8) is 0 Å². The topological polar surface area (TPSA) is 72.3 Å². The summed E-state index contributed by atoms with van der Waals surface area (Å²) in [5.41, 5.74) is 6.28. The third kappa shape index (κ3) is 1.61. The number of halogens is 2. The van der Waals surface area contributed by atoms with Gasteiger partial charge in [-0.1, -0.05) is 16.8 Å². The second-order valence-electron chi connectivity index (χ2n) is 2.89. The molecule has 0 radical (unpaired) electrons. The van der Waals surface area contributed by atoms with Crippen molar-refractivity contribution < 1.29 is 14.0 Å². The van der Waals surface area contributed by atoms with Crippen LogP contribution < -0.4 is 5.73 Å². The van der Waals surface area contributed by atoms with Gasteiger partial charge in [0.25, 0.3) is 0 Å². The van der Waals surface area contributed by atoms with Crippen LogP contribution in [0.2, 0.25) is 5.02 Å². The Morgan fingerprint density at radius 1 is 1.47 bits per heavy atom. The zero-order valence-corrected chi connectivity index (χ0v) is 8.12. The molecular formula is C9H6ClFN2O2. The number of aromatic hydroxyl groups is 1. The van der Waals surface area contributed by atoms with Crippen molar-refractivity contribution >= 4 is 17.5 Å². The molecule has 4 nitrogen and oxygen atoms in total. The molecule has 78 valence electrons. The summed E-state index contributed by atoms with van der Waals surface area (Å²) in [7, 11) is 0. The fourth-order valence-electron chi connectivity index (χ4n) is 1.19. The molecule has 2 aromatic rings. The number of nitrogen functional groups attached to an aromatic ring is 1. The summed E-state index contributed by atoms with van der Waals surface area (Å²) in [6.07, 6.45) is 1.34. The number of nitrogens with zero attached hydrogens (tertiary/aromatic N) is 1. The van der Waals surface area contributed by atoms with Gasteiger partial charge in [-0.3, -0.25) is 0 Å². The highest BCUT2D eigenvalue weighted by Gasteiger charge is 2.13. The molecule has 15 heavy (non-hydrogen) atoms. The molecule has 0 atom stereocenters. The van der Waals surface area contributed by atoms with Gasteiger partial charge in [-0.15, -0.1) is 0 Å². The molecule has 0 aliphatic rings. The number of phenolic OH excluding ortho intramolecular Hbond substituents is 1. The van der Waals surface area contributed by atoms with Gasteiger partial charge < -0.3 is 15.4 Å². The number of hydrogen-bond donors (Lipinski definition) is 2. The zero-order chi connectivity index (χ0) is 11.0. The number of nitrogens with two attached hydrogens (primary N) is 1. The average Bonchev–Trinajstić information content (AvgIpc) is 2.60. The van der Waals surface area contributed by atoms with Crippen LogP contribution >= 0.6 is 11.6 Å². The second-order valence-corrected chi connectivity index (χ2v) is 3.30. The van der Waals surface area contributed by atoms with Crippen LogP contribution in [0.4, 0.5) is 10.3 Å². The molecule has 0 saturated carbocycles. The minimum atomic E-state index is -0.821. The number of anilines is 1. The Balaban J connectivity index is 2.60. The smallest absolute Gasteiger partial charge is 0.229 e. The molecule has 0 unspecified atom stereocenters. The van der Waals surface area contributed by atoms with E-state index in [0.717, 1.165) is 6.07 Å². The molecule has 1 aromatic carbocycles. The maximum atomic E-state index is 13.1. The molecule has 0 spiro atoms. The highest BCUT2D eigenvalue weighted by molar-refractivity contribution is 6.32. The SMILES string of the molecule is Nc1oncc1-c1cc(F)c(O)c(Cl)c1. The minimum absolute atomic E-state index is 0.0659. The Hall–Kier alpha value is -1.75. The zero-order valence-electron chi connectivity index (χ0n) is 7.37. The maximum Gasteiger partial charge on any atom is 0.229 e. The normalized spacial score (nSPS) is 10.5. The first-order valence-corrected chi connectivity index (χ1v) is 4.36. The molecule has 1 heterocycles. The summed E-state index contributed by atoms with van der Waals surface area (Å²) in [6.45, 7) is 0. The van der Waals surface area contributed by atoms with Crippen molar-refractivity contribution in [2.24, 2.45) is 0 Å². The quantitative estimate of drug-likeness (QED) is 0.786. The Bertz CT molecular complexity index is 490. The van der Waals surface area contributed by atoms with E-state index in [1.54, 1.807) is 0 Å². The van der Waals surface area contributed by atoms with E-state index in [1.165, 1.54) is 12.3 Å². The van der Waals surface area contributed by atoms with E-state index in [1.807, 2.05) is 0 Å². The fourth-order valence-corrected chi connectivity index (χ4v) is 1.39. The van der Waals surface area contributed by atoms with Gasteiger partial charge in [-0.2, -0.15) is 0 Å². The first kappa shape index (κ1) is 9.79. The highest BCUT2D eigenvalue weighted by Crippen LogP contribution is 2.34. The van der Waals surface area contributed by atoms with Crippen LogP contribution in [0, 0.1) is 5.82 Å². The van der Waals surface area contributed by atoms with Gasteiger partial charge in [0.1, 0.15) is 0 Å². The van der Waals surface area contributed by atoms with E-state index in [9.17, 15) is 4.39 Å². The summed E-state index contributed by atoms with van der Waals surface area (Å²) in [5.74, 6) is -1.34. The van der Waals surface area contributed by atoms with Gasteiger partial charge in [0.05, 0.1) is 16.8 Å². The molecule has 1 aromatic heterocycles. The van der Waals surface area contributed by atoms with Crippen molar-refractivity contribution in [2.45, 2.75) is 0 Å². The molecule has 0 bridgehead atoms. The van der Waals surface area contributed by atoms with Crippen LogP contribution in [0.25, 0.3) is 11.1 Å². The van der Waals surface area contributed by atoms with Gasteiger partial charge in [-0.05, 0) is 17.7 Å². The predicted molar refractivity (Wildman–Crippen MR) is 53.0 cm³/mol. The molecule has 0 fully saturated rings. The lowest BCUT2D eigenvalue weighted by atomic mass is 10.1. The fraction of sp³-hybridized carbons (Fsp3) is 0. The van der Waals surface area contributed by atoms with Crippen LogP contribution in [0.15, 0.2) is 22.9 Å². The van der Waals surface area contributed by atoms with Crippen LogP contribution in [0.1, 0.15) is 0 Å². The molecule has 0 aliphatic carbocycles. The molecule has 0 aliphatic heterocycles. The van der Waals surface area contributed by atoms with E-state index >= 15 is 0 Å². The van der Waals surface area contributed by atoms with Gasteiger partial charge in [0.2, 0.25) is 5.88 Å². The van der Waals surface area contributed by atoms with Gasteiger partial charge in [-0.25, -0.2) is 4.39 Å². The summed E-state index contributed by atoms with van der Waals surface area (Å²) in [5, 5.41) is 12.5. The summed E-state index contributed by atoms with van der Waals surface area (Å²) < 4.78 is 17.8. The monoisotopic (exact) mass is 228 g/mol. The van der Waals surface area contributed by atoms with Crippen molar-refractivity contribution in [3.8, 4) is 16.9 Å². The van der Waals surface area contributed by atoms with Crippen LogP contribution in [0.5, 0.6) is 5.75 Å². The Labute approximate surface area is 89.1 Å². The Morgan fingerprint density at radius 3 is 2.73 bits per heavy atom.